The van der Waals surface area contributed by atoms with Gasteiger partial charge < -0.3 is 9.47 Å². The van der Waals surface area contributed by atoms with Crippen molar-refractivity contribution < 1.29 is 14.3 Å². The molecule has 1 aromatic carbocycles. The Kier molecular flexibility index (Phi) is 5.60. The van der Waals surface area contributed by atoms with Crippen LogP contribution in [0.1, 0.15) is 32.6 Å². The van der Waals surface area contributed by atoms with Crippen LogP contribution in [0.15, 0.2) is 29.4 Å². The van der Waals surface area contributed by atoms with Crippen molar-refractivity contribution >= 4 is 11.6 Å². The Morgan fingerprint density at radius 3 is 2.71 bits per heavy atom. The molecule has 5 nitrogen and oxygen atoms in total. The zero-order valence-electron chi connectivity index (χ0n) is 12.6. The molecule has 0 saturated heterocycles. The number of hydrazone groups is 1. The average molecular weight is 290 g/mol. The molecule has 1 N–H and O–H groups in total. The molecule has 0 radical (unpaired) electrons. The van der Waals surface area contributed by atoms with Gasteiger partial charge in [-0.05, 0) is 55.9 Å². The minimum atomic E-state index is -0.239. The summed E-state index contributed by atoms with van der Waals surface area (Å²) in [7, 11) is 1.61. The first kappa shape index (κ1) is 15.4. The van der Waals surface area contributed by atoms with Gasteiger partial charge in [-0.3, -0.25) is 4.79 Å². The van der Waals surface area contributed by atoms with Crippen LogP contribution in [0.5, 0.6) is 11.5 Å². The van der Waals surface area contributed by atoms with Crippen molar-refractivity contribution in [3.63, 3.8) is 0 Å². The predicted molar refractivity (Wildman–Crippen MR) is 81.7 cm³/mol. The first-order chi connectivity index (χ1) is 10.2. The number of benzene rings is 1. The zero-order valence-corrected chi connectivity index (χ0v) is 12.6. The number of ether oxygens (including phenoxy) is 2. The maximum absolute atomic E-state index is 11.7. The van der Waals surface area contributed by atoms with E-state index in [0.29, 0.717) is 11.7 Å². The Bertz CT molecular complexity index is 497. The van der Waals surface area contributed by atoms with Gasteiger partial charge in [-0.2, -0.15) is 5.10 Å². The lowest BCUT2D eigenvalue weighted by molar-refractivity contribution is -0.123. The van der Waals surface area contributed by atoms with Crippen LogP contribution >= 0.6 is 0 Å². The SMILES string of the molecule is COc1ccc(OCC(=O)N/N=C2/CCC[C@@H](C)C2)cc1. The van der Waals surface area contributed by atoms with Crippen LogP contribution in [0.3, 0.4) is 0 Å². The highest BCUT2D eigenvalue weighted by Gasteiger charge is 2.14. The third-order valence-corrected chi connectivity index (χ3v) is 3.51. The molecular formula is C16H22N2O3. The summed E-state index contributed by atoms with van der Waals surface area (Å²) in [5.74, 6) is 1.80. The van der Waals surface area contributed by atoms with E-state index in [1.807, 2.05) is 0 Å². The van der Waals surface area contributed by atoms with Crippen LogP contribution in [-0.2, 0) is 4.79 Å². The fourth-order valence-corrected chi connectivity index (χ4v) is 2.36. The van der Waals surface area contributed by atoms with Crippen LogP contribution in [0.25, 0.3) is 0 Å². The molecule has 1 aromatic rings. The zero-order chi connectivity index (χ0) is 15.1. The molecule has 1 amide bonds. The highest BCUT2D eigenvalue weighted by molar-refractivity contribution is 5.87. The van der Waals surface area contributed by atoms with Gasteiger partial charge in [-0.25, -0.2) is 5.43 Å². The number of nitrogens with one attached hydrogen (secondary N) is 1. The molecule has 0 heterocycles. The van der Waals surface area contributed by atoms with E-state index in [9.17, 15) is 4.79 Å². The molecule has 114 valence electrons. The van der Waals surface area contributed by atoms with Crippen LogP contribution < -0.4 is 14.9 Å². The third-order valence-electron chi connectivity index (χ3n) is 3.51. The molecule has 5 heteroatoms. The van der Waals surface area contributed by atoms with Crippen molar-refractivity contribution in [3.8, 4) is 11.5 Å². The topological polar surface area (TPSA) is 59.9 Å². The maximum Gasteiger partial charge on any atom is 0.277 e. The van der Waals surface area contributed by atoms with E-state index in [1.165, 1.54) is 6.42 Å². The Morgan fingerprint density at radius 1 is 1.33 bits per heavy atom. The second kappa shape index (κ2) is 7.67. The summed E-state index contributed by atoms with van der Waals surface area (Å²) < 4.78 is 10.4. The van der Waals surface area contributed by atoms with Gasteiger partial charge in [0.2, 0.25) is 0 Å². The third kappa shape index (κ3) is 5.10. The number of hydrogen-bond acceptors (Lipinski definition) is 4. The monoisotopic (exact) mass is 290 g/mol. The summed E-state index contributed by atoms with van der Waals surface area (Å²) in [6, 6.07) is 7.11. The Balaban J connectivity index is 1.75. The van der Waals surface area contributed by atoms with Gasteiger partial charge in [0.15, 0.2) is 6.61 Å². The van der Waals surface area contributed by atoms with Crippen molar-refractivity contribution in [2.75, 3.05) is 13.7 Å². The normalized spacial score (nSPS) is 20.1. The molecule has 0 spiro atoms. The number of rotatable bonds is 5. The number of amides is 1. The Labute approximate surface area is 125 Å². The van der Waals surface area contributed by atoms with E-state index >= 15 is 0 Å². The second-order valence-corrected chi connectivity index (χ2v) is 5.38. The number of methoxy groups -OCH3 is 1. The van der Waals surface area contributed by atoms with Crippen molar-refractivity contribution in [1.82, 2.24) is 5.43 Å². The van der Waals surface area contributed by atoms with Gasteiger partial charge in [0.25, 0.3) is 5.91 Å². The molecular weight excluding hydrogens is 268 g/mol. The van der Waals surface area contributed by atoms with Gasteiger partial charge >= 0.3 is 0 Å². The molecule has 1 aliphatic rings. The molecule has 0 aliphatic heterocycles. The van der Waals surface area contributed by atoms with E-state index in [4.69, 9.17) is 9.47 Å². The molecule has 1 fully saturated rings. The summed E-state index contributed by atoms with van der Waals surface area (Å²) in [4.78, 5) is 11.7. The van der Waals surface area contributed by atoms with E-state index < -0.39 is 0 Å². The van der Waals surface area contributed by atoms with Crippen LogP contribution in [0.4, 0.5) is 0 Å². The van der Waals surface area contributed by atoms with E-state index in [1.54, 1.807) is 31.4 Å². The van der Waals surface area contributed by atoms with Crippen molar-refractivity contribution in [3.05, 3.63) is 24.3 Å². The van der Waals surface area contributed by atoms with Gasteiger partial charge in [0, 0.05) is 5.71 Å². The van der Waals surface area contributed by atoms with Crippen LogP contribution in [-0.4, -0.2) is 25.3 Å². The average Bonchev–Trinajstić information content (AvgIpc) is 2.51. The summed E-state index contributed by atoms with van der Waals surface area (Å²) in [5.41, 5.74) is 3.64. The first-order valence-corrected chi connectivity index (χ1v) is 7.28. The second-order valence-electron chi connectivity index (χ2n) is 5.38. The summed E-state index contributed by atoms with van der Waals surface area (Å²) in [5, 5.41) is 4.19. The van der Waals surface area contributed by atoms with E-state index in [2.05, 4.69) is 17.5 Å². The maximum atomic E-state index is 11.7. The highest BCUT2D eigenvalue weighted by atomic mass is 16.5. The van der Waals surface area contributed by atoms with Crippen LogP contribution in [0.2, 0.25) is 0 Å². The predicted octanol–water partition coefficient (Wildman–Crippen LogP) is 2.76. The van der Waals surface area contributed by atoms with Crippen molar-refractivity contribution in [1.29, 1.82) is 0 Å². The van der Waals surface area contributed by atoms with E-state index in [-0.39, 0.29) is 12.5 Å². The highest BCUT2D eigenvalue weighted by Crippen LogP contribution is 2.21. The van der Waals surface area contributed by atoms with Gasteiger partial charge in [0.1, 0.15) is 11.5 Å². The fraction of sp³-hybridized carbons (Fsp3) is 0.500. The molecule has 21 heavy (non-hydrogen) atoms. The quantitative estimate of drug-likeness (QED) is 0.848. The molecule has 1 saturated carbocycles. The largest absolute Gasteiger partial charge is 0.497 e. The van der Waals surface area contributed by atoms with Gasteiger partial charge in [0.05, 0.1) is 7.11 Å². The van der Waals surface area contributed by atoms with Crippen LogP contribution in [0, 0.1) is 5.92 Å². The molecule has 0 unspecified atom stereocenters. The Morgan fingerprint density at radius 2 is 2.05 bits per heavy atom. The van der Waals surface area contributed by atoms with Crippen molar-refractivity contribution in [2.45, 2.75) is 32.6 Å². The number of nitrogens with zero attached hydrogens (tertiary/aromatic N) is 1. The van der Waals surface area contributed by atoms with Crippen molar-refractivity contribution in [2.24, 2.45) is 11.0 Å². The minimum absolute atomic E-state index is 0.0430. The summed E-state index contributed by atoms with van der Waals surface area (Å²) >= 11 is 0. The lowest BCUT2D eigenvalue weighted by atomic mass is 9.89. The Hall–Kier alpha value is -2.04. The lowest BCUT2D eigenvalue weighted by Gasteiger charge is -2.18. The number of hydrogen-bond donors (Lipinski definition) is 1. The minimum Gasteiger partial charge on any atom is -0.497 e. The summed E-state index contributed by atoms with van der Waals surface area (Å²) in [6.45, 7) is 2.17. The lowest BCUT2D eigenvalue weighted by Crippen LogP contribution is -2.27. The smallest absolute Gasteiger partial charge is 0.277 e. The standard InChI is InChI=1S/C16H22N2O3/c1-12-4-3-5-13(10-12)17-18-16(19)11-21-15-8-6-14(20-2)7-9-15/h6-9,12H,3-5,10-11H2,1-2H3,(H,18,19)/b17-13-/t12-/m1/s1. The fourth-order valence-electron chi connectivity index (χ4n) is 2.36. The van der Waals surface area contributed by atoms with Gasteiger partial charge in [-0.1, -0.05) is 6.92 Å². The van der Waals surface area contributed by atoms with E-state index in [0.717, 1.165) is 30.7 Å². The molecule has 0 bridgehead atoms. The molecule has 2 rings (SSSR count). The molecule has 0 aromatic heterocycles. The summed E-state index contributed by atoms with van der Waals surface area (Å²) in [6.07, 6.45) is 4.34. The molecule has 1 aliphatic carbocycles. The molecule has 1 atom stereocenters. The number of carbonyl (C=O) groups is 1. The van der Waals surface area contributed by atoms with Gasteiger partial charge in [-0.15, -0.1) is 0 Å². The first-order valence-electron chi connectivity index (χ1n) is 7.28. The number of carbonyl (C=O) groups excluding carboxylic acids is 1.